The van der Waals surface area contributed by atoms with E-state index in [0.717, 1.165) is 45.8 Å². The van der Waals surface area contributed by atoms with E-state index in [1.165, 1.54) is 0 Å². The molecule has 2 aliphatic rings. The van der Waals surface area contributed by atoms with Gasteiger partial charge in [0.2, 0.25) is 0 Å². The van der Waals surface area contributed by atoms with E-state index in [0.29, 0.717) is 0 Å². The second kappa shape index (κ2) is 4.61. The van der Waals surface area contributed by atoms with Gasteiger partial charge in [0.05, 0.1) is 6.61 Å². The van der Waals surface area contributed by atoms with Crippen molar-refractivity contribution < 1.29 is 9.47 Å². The lowest BCUT2D eigenvalue weighted by Gasteiger charge is -2.42. The molecule has 0 amide bonds. The van der Waals surface area contributed by atoms with Crippen molar-refractivity contribution in [3.63, 3.8) is 0 Å². The van der Waals surface area contributed by atoms with Gasteiger partial charge < -0.3 is 14.8 Å². The first-order valence-electron chi connectivity index (χ1n) is 6.16. The number of hydrogen-bond acceptors (Lipinski definition) is 4. The summed E-state index contributed by atoms with van der Waals surface area (Å²) in [5, 5.41) is 3.53. The second-order valence-electron chi connectivity index (χ2n) is 5.71. The van der Waals surface area contributed by atoms with Gasteiger partial charge in [0, 0.05) is 51.9 Å². The molecule has 0 aromatic heterocycles. The maximum atomic E-state index is 5.68. The van der Waals surface area contributed by atoms with Crippen LogP contribution in [0.5, 0.6) is 0 Å². The van der Waals surface area contributed by atoms with Crippen LogP contribution in [-0.2, 0) is 9.47 Å². The predicted octanol–water partition coefficient (Wildman–Crippen LogP) is 0.476. The lowest BCUT2D eigenvalue weighted by atomic mass is 9.98. The predicted molar refractivity (Wildman–Crippen MR) is 63.7 cm³/mol. The topological polar surface area (TPSA) is 33.7 Å². The maximum Gasteiger partial charge on any atom is 0.106 e. The fourth-order valence-electron chi connectivity index (χ4n) is 2.73. The Balaban J connectivity index is 1.93. The Bertz CT molecular complexity index is 237. The molecule has 1 atom stereocenters. The van der Waals surface area contributed by atoms with Crippen molar-refractivity contribution in [1.29, 1.82) is 0 Å². The van der Waals surface area contributed by atoms with Gasteiger partial charge >= 0.3 is 0 Å². The van der Waals surface area contributed by atoms with Crippen molar-refractivity contribution in [2.45, 2.75) is 31.4 Å². The van der Waals surface area contributed by atoms with E-state index in [1.54, 1.807) is 0 Å². The van der Waals surface area contributed by atoms with Crippen molar-refractivity contribution in [2.24, 2.45) is 0 Å². The smallest absolute Gasteiger partial charge is 0.106 e. The van der Waals surface area contributed by atoms with Crippen LogP contribution in [0.2, 0.25) is 0 Å². The van der Waals surface area contributed by atoms with Gasteiger partial charge in [-0.3, -0.25) is 4.90 Å². The molecule has 2 heterocycles. The van der Waals surface area contributed by atoms with Crippen LogP contribution in [0.4, 0.5) is 0 Å². The lowest BCUT2D eigenvalue weighted by molar-refractivity contribution is -0.0481. The maximum absolute atomic E-state index is 5.68. The van der Waals surface area contributed by atoms with Gasteiger partial charge in [-0.1, -0.05) is 0 Å². The zero-order valence-electron chi connectivity index (χ0n) is 10.7. The Morgan fingerprint density at radius 2 is 2.25 bits per heavy atom. The fraction of sp³-hybridized carbons (Fsp3) is 1.00. The van der Waals surface area contributed by atoms with Crippen molar-refractivity contribution >= 4 is 0 Å². The number of methoxy groups -OCH3 is 1. The van der Waals surface area contributed by atoms with Crippen molar-refractivity contribution in [2.75, 3.05) is 46.5 Å². The summed E-state index contributed by atoms with van der Waals surface area (Å²) in [6.07, 6.45) is 1.02. The van der Waals surface area contributed by atoms with E-state index < -0.39 is 0 Å². The first-order valence-corrected chi connectivity index (χ1v) is 6.16. The van der Waals surface area contributed by atoms with Crippen molar-refractivity contribution in [3.8, 4) is 0 Å². The van der Waals surface area contributed by atoms with E-state index in [9.17, 15) is 0 Å². The Kier molecular flexibility index (Phi) is 3.54. The van der Waals surface area contributed by atoms with Crippen LogP contribution >= 0.6 is 0 Å². The summed E-state index contributed by atoms with van der Waals surface area (Å²) in [5.74, 6) is 0. The fourth-order valence-corrected chi connectivity index (χ4v) is 2.73. The molecule has 4 heteroatoms. The third kappa shape index (κ3) is 2.74. The van der Waals surface area contributed by atoms with Crippen LogP contribution in [0.15, 0.2) is 0 Å². The number of ether oxygens (including phenoxy) is 2. The van der Waals surface area contributed by atoms with Crippen LogP contribution < -0.4 is 5.32 Å². The van der Waals surface area contributed by atoms with Gasteiger partial charge in [-0.25, -0.2) is 0 Å². The van der Waals surface area contributed by atoms with E-state index in [4.69, 9.17) is 9.47 Å². The van der Waals surface area contributed by atoms with Crippen LogP contribution in [0.3, 0.4) is 0 Å². The van der Waals surface area contributed by atoms with Crippen molar-refractivity contribution in [1.82, 2.24) is 10.2 Å². The lowest BCUT2D eigenvalue weighted by Crippen LogP contribution is -2.60. The van der Waals surface area contributed by atoms with Gasteiger partial charge in [0.15, 0.2) is 0 Å². The number of piperazine rings is 1. The Labute approximate surface area is 98.3 Å². The minimum atomic E-state index is -0.0621. The molecule has 2 saturated heterocycles. The van der Waals surface area contributed by atoms with Crippen LogP contribution in [-0.4, -0.2) is 62.5 Å². The van der Waals surface area contributed by atoms with Gasteiger partial charge in [-0.15, -0.1) is 0 Å². The zero-order valence-corrected chi connectivity index (χ0v) is 10.7. The summed E-state index contributed by atoms with van der Waals surface area (Å²) in [5.41, 5.74) is 0.153. The van der Waals surface area contributed by atoms with Gasteiger partial charge in [-0.05, 0) is 13.8 Å². The molecular weight excluding hydrogens is 204 g/mol. The quantitative estimate of drug-likeness (QED) is 0.761. The number of nitrogens with zero attached hydrogens (tertiary/aromatic N) is 1. The summed E-state index contributed by atoms with van der Waals surface area (Å²) in [6, 6.07) is 0. The molecule has 2 aliphatic heterocycles. The summed E-state index contributed by atoms with van der Waals surface area (Å²) in [4.78, 5) is 2.49. The Morgan fingerprint density at radius 1 is 1.44 bits per heavy atom. The van der Waals surface area contributed by atoms with E-state index in [1.807, 2.05) is 7.11 Å². The number of rotatable bonds is 3. The van der Waals surface area contributed by atoms with Crippen molar-refractivity contribution in [3.05, 3.63) is 0 Å². The largest absolute Gasteiger partial charge is 0.378 e. The average molecular weight is 228 g/mol. The third-order valence-corrected chi connectivity index (χ3v) is 3.66. The molecule has 0 saturated carbocycles. The molecule has 16 heavy (non-hydrogen) atoms. The van der Waals surface area contributed by atoms with E-state index >= 15 is 0 Å². The number of hydrogen-bond donors (Lipinski definition) is 1. The first kappa shape index (κ1) is 12.3. The minimum Gasteiger partial charge on any atom is -0.378 e. The molecule has 0 bridgehead atoms. The first-order chi connectivity index (χ1) is 7.55. The molecule has 0 aliphatic carbocycles. The molecule has 0 spiro atoms. The monoisotopic (exact) mass is 228 g/mol. The van der Waals surface area contributed by atoms with Gasteiger partial charge in [0.25, 0.3) is 0 Å². The van der Waals surface area contributed by atoms with Crippen LogP contribution in [0, 0.1) is 0 Å². The summed E-state index contributed by atoms with van der Waals surface area (Å²) < 4.78 is 11.2. The highest BCUT2D eigenvalue weighted by Crippen LogP contribution is 2.25. The molecule has 2 rings (SSSR count). The zero-order chi connectivity index (χ0) is 11.6. The molecule has 1 N–H and O–H groups in total. The van der Waals surface area contributed by atoms with Gasteiger partial charge in [0.1, 0.15) is 5.60 Å². The minimum absolute atomic E-state index is 0.0621. The standard InChI is InChI=1S/C12H24N2O2/c1-11(2)8-14(6-5-13-11)9-12(15-3)4-7-16-10-12/h13H,4-10H2,1-3H3. The van der Waals surface area contributed by atoms with Crippen LogP contribution in [0.25, 0.3) is 0 Å². The highest BCUT2D eigenvalue weighted by atomic mass is 16.5. The number of nitrogens with one attached hydrogen (secondary N) is 1. The Hall–Kier alpha value is -0.160. The average Bonchev–Trinajstić information content (AvgIpc) is 2.65. The molecule has 1 unspecified atom stereocenters. The van der Waals surface area contributed by atoms with Gasteiger partial charge in [-0.2, -0.15) is 0 Å². The second-order valence-corrected chi connectivity index (χ2v) is 5.71. The molecule has 0 aromatic rings. The SMILES string of the molecule is COC1(CN2CCNC(C)(C)C2)CCOC1. The summed E-state index contributed by atoms with van der Waals surface area (Å²) >= 11 is 0. The van der Waals surface area contributed by atoms with Crippen LogP contribution in [0.1, 0.15) is 20.3 Å². The summed E-state index contributed by atoms with van der Waals surface area (Å²) in [6.45, 7) is 10.3. The molecule has 0 radical (unpaired) electrons. The molecule has 4 nitrogen and oxygen atoms in total. The molecule has 94 valence electrons. The molecule has 0 aromatic carbocycles. The molecular formula is C12H24N2O2. The normalized spacial score (nSPS) is 35.4. The Morgan fingerprint density at radius 3 is 2.81 bits per heavy atom. The summed E-state index contributed by atoms with van der Waals surface area (Å²) in [7, 11) is 1.81. The molecule has 2 fully saturated rings. The van der Waals surface area contributed by atoms with E-state index in [-0.39, 0.29) is 11.1 Å². The third-order valence-electron chi connectivity index (χ3n) is 3.66. The van der Waals surface area contributed by atoms with E-state index in [2.05, 4.69) is 24.1 Å². The highest BCUT2D eigenvalue weighted by Gasteiger charge is 2.38. The highest BCUT2D eigenvalue weighted by molar-refractivity contribution is 4.93.